The molecule has 1 saturated carbocycles. The second-order valence-electron chi connectivity index (χ2n) is 12.3. The molecule has 2 aliphatic rings. The number of halogens is 2. The number of carbonyl (C=O) groups is 2. The van der Waals surface area contributed by atoms with Crippen molar-refractivity contribution in [2.24, 2.45) is 16.3 Å². The normalized spacial score (nSPS) is 21.5. The van der Waals surface area contributed by atoms with Gasteiger partial charge in [0.2, 0.25) is 0 Å². The number of tetrazole rings is 1. The largest absolute Gasteiger partial charge is 0.345 e. The lowest BCUT2D eigenvalue weighted by Gasteiger charge is -2.47. The Morgan fingerprint density at radius 3 is 2.43 bits per heavy atom. The van der Waals surface area contributed by atoms with Crippen molar-refractivity contribution in [3.8, 4) is 0 Å². The SMILES string of the molecule is CCC[C@H](c1ccc(C(=O)NCc2nn[nH]n2)cc1)N1C(=O)C(c2ccc(F)c(F)c2)=NC12CCC(C(C)(C)C)CC2. The van der Waals surface area contributed by atoms with Crippen LogP contribution in [0.4, 0.5) is 8.78 Å². The van der Waals surface area contributed by atoms with Crippen molar-refractivity contribution in [1.82, 2.24) is 30.8 Å². The number of nitrogens with zero attached hydrogens (tertiary/aromatic N) is 5. The summed E-state index contributed by atoms with van der Waals surface area (Å²) in [5, 5.41) is 16.3. The average molecular weight is 578 g/mol. The van der Waals surface area contributed by atoms with Gasteiger partial charge in [0.05, 0.1) is 12.6 Å². The molecule has 2 aromatic carbocycles. The molecule has 11 heteroatoms. The molecule has 42 heavy (non-hydrogen) atoms. The van der Waals surface area contributed by atoms with Crippen molar-refractivity contribution < 1.29 is 18.4 Å². The van der Waals surface area contributed by atoms with E-state index in [-0.39, 0.29) is 41.1 Å². The zero-order valence-electron chi connectivity index (χ0n) is 24.5. The first-order valence-corrected chi connectivity index (χ1v) is 14.5. The van der Waals surface area contributed by atoms with E-state index < -0.39 is 17.3 Å². The van der Waals surface area contributed by atoms with Gasteiger partial charge in [-0.25, -0.2) is 8.78 Å². The number of hydrogen-bond donors (Lipinski definition) is 2. The van der Waals surface area contributed by atoms with E-state index in [2.05, 4.69) is 53.6 Å². The Morgan fingerprint density at radius 2 is 1.83 bits per heavy atom. The molecule has 0 bridgehead atoms. The standard InChI is InChI=1S/C31H37F2N7O2/c1-5-6-25(19-7-9-20(10-8-19)28(41)34-18-26-36-38-39-37-26)40-29(42)27(21-11-12-23(32)24(33)17-21)35-31(40)15-13-22(14-16-31)30(2,3)4/h7-12,17,22,25H,5-6,13-16,18H2,1-4H3,(H,34,41)(H,36,37,38,39)/t22?,25-,31?/m1/s1. The van der Waals surface area contributed by atoms with Gasteiger partial charge in [0.25, 0.3) is 11.8 Å². The van der Waals surface area contributed by atoms with E-state index >= 15 is 0 Å². The van der Waals surface area contributed by atoms with Crippen LogP contribution in [-0.2, 0) is 11.3 Å². The van der Waals surface area contributed by atoms with Crippen LogP contribution < -0.4 is 5.32 Å². The fraction of sp³-hybridized carbons (Fsp3) is 0.484. The van der Waals surface area contributed by atoms with Crippen LogP contribution in [0.1, 0.15) is 99.6 Å². The fourth-order valence-corrected chi connectivity index (χ4v) is 6.27. The first kappa shape index (κ1) is 29.5. The van der Waals surface area contributed by atoms with Crippen LogP contribution in [0.3, 0.4) is 0 Å². The lowest BCUT2D eigenvalue weighted by atomic mass is 9.69. The topological polar surface area (TPSA) is 116 Å². The average Bonchev–Trinajstić information content (AvgIpc) is 3.58. The van der Waals surface area contributed by atoms with E-state index in [0.717, 1.165) is 37.0 Å². The lowest BCUT2D eigenvalue weighted by Crippen LogP contribution is -2.51. The number of benzene rings is 2. The maximum Gasteiger partial charge on any atom is 0.275 e. The summed E-state index contributed by atoms with van der Waals surface area (Å²) in [5.74, 6) is -1.68. The summed E-state index contributed by atoms with van der Waals surface area (Å²) in [6.07, 6.45) is 4.67. The van der Waals surface area contributed by atoms with Crippen LogP contribution in [0.2, 0.25) is 0 Å². The summed E-state index contributed by atoms with van der Waals surface area (Å²) in [6.45, 7) is 8.92. The van der Waals surface area contributed by atoms with Gasteiger partial charge in [0, 0.05) is 11.1 Å². The van der Waals surface area contributed by atoms with Gasteiger partial charge in [-0.15, -0.1) is 10.2 Å². The second-order valence-corrected chi connectivity index (χ2v) is 12.3. The number of rotatable bonds is 8. The van der Waals surface area contributed by atoms with E-state index in [0.29, 0.717) is 36.6 Å². The van der Waals surface area contributed by atoms with E-state index in [4.69, 9.17) is 4.99 Å². The van der Waals surface area contributed by atoms with Gasteiger partial charge in [0.1, 0.15) is 11.4 Å². The van der Waals surface area contributed by atoms with Crippen molar-refractivity contribution in [3.05, 3.63) is 76.6 Å². The Hall–Kier alpha value is -4.02. The Morgan fingerprint density at radius 1 is 1.12 bits per heavy atom. The van der Waals surface area contributed by atoms with Crippen molar-refractivity contribution in [1.29, 1.82) is 0 Å². The van der Waals surface area contributed by atoms with Gasteiger partial charge >= 0.3 is 0 Å². The molecule has 0 unspecified atom stereocenters. The molecule has 2 N–H and O–H groups in total. The number of carbonyl (C=O) groups excluding carboxylic acids is 2. The number of aromatic amines is 1. The van der Waals surface area contributed by atoms with Crippen LogP contribution in [0.25, 0.3) is 0 Å². The van der Waals surface area contributed by atoms with Crippen molar-refractivity contribution in [2.45, 2.75) is 84.5 Å². The van der Waals surface area contributed by atoms with Gasteiger partial charge < -0.3 is 10.2 Å². The molecule has 3 aromatic rings. The highest BCUT2D eigenvalue weighted by Gasteiger charge is 2.52. The molecule has 0 radical (unpaired) electrons. The molecule has 1 aromatic heterocycles. The summed E-state index contributed by atoms with van der Waals surface area (Å²) in [4.78, 5) is 33.9. The smallest absolute Gasteiger partial charge is 0.275 e. The van der Waals surface area contributed by atoms with E-state index in [9.17, 15) is 18.4 Å². The first-order valence-electron chi connectivity index (χ1n) is 14.5. The minimum atomic E-state index is -1.01. The van der Waals surface area contributed by atoms with Gasteiger partial charge in [-0.2, -0.15) is 5.21 Å². The van der Waals surface area contributed by atoms with Crippen molar-refractivity contribution in [2.75, 3.05) is 0 Å². The number of nitrogens with one attached hydrogen (secondary N) is 2. The zero-order valence-corrected chi connectivity index (χ0v) is 24.5. The molecule has 1 atom stereocenters. The highest BCUT2D eigenvalue weighted by molar-refractivity contribution is 6.46. The zero-order chi connectivity index (χ0) is 30.1. The predicted molar refractivity (Wildman–Crippen MR) is 153 cm³/mol. The minimum Gasteiger partial charge on any atom is -0.345 e. The Balaban J connectivity index is 1.46. The van der Waals surface area contributed by atoms with E-state index in [1.807, 2.05) is 17.0 Å². The highest BCUT2D eigenvalue weighted by Crippen LogP contribution is 2.49. The Bertz CT molecular complexity index is 1460. The summed E-state index contributed by atoms with van der Waals surface area (Å²) in [6, 6.07) is 10.4. The summed E-state index contributed by atoms with van der Waals surface area (Å²) >= 11 is 0. The quantitative estimate of drug-likeness (QED) is 0.366. The van der Waals surface area contributed by atoms with Crippen molar-refractivity contribution in [3.63, 3.8) is 0 Å². The van der Waals surface area contributed by atoms with Gasteiger partial charge in [-0.05, 0) is 79.3 Å². The van der Waals surface area contributed by atoms with E-state index in [1.54, 1.807) is 12.1 Å². The molecule has 2 amide bonds. The molecule has 9 nitrogen and oxygen atoms in total. The molecule has 1 spiro atoms. The molecule has 2 heterocycles. The number of aliphatic imine (C=N–C) groups is 1. The van der Waals surface area contributed by atoms with Gasteiger partial charge in [0.15, 0.2) is 17.5 Å². The monoisotopic (exact) mass is 577 g/mol. The Labute approximate surface area is 244 Å². The molecule has 0 saturated heterocycles. The molecule has 1 aliphatic heterocycles. The van der Waals surface area contributed by atoms with Gasteiger partial charge in [-0.1, -0.05) is 51.5 Å². The maximum absolute atomic E-state index is 14.3. The van der Waals surface area contributed by atoms with Crippen LogP contribution in [0, 0.1) is 23.0 Å². The van der Waals surface area contributed by atoms with Crippen molar-refractivity contribution >= 4 is 17.5 Å². The number of H-pyrrole nitrogens is 1. The van der Waals surface area contributed by atoms with Crippen LogP contribution in [-0.4, -0.2) is 48.7 Å². The van der Waals surface area contributed by atoms with Crippen LogP contribution >= 0.6 is 0 Å². The summed E-state index contributed by atoms with van der Waals surface area (Å²) in [7, 11) is 0. The molecule has 1 fully saturated rings. The van der Waals surface area contributed by atoms with E-state index in [1.165, 1.54) is 6.07 Å². The molecule has 222 valence electrons. The minimum absolute atomic E-state index is 0.130. The lowest BCUT2D eigenvalue weighted by molar-refractivity contribution is -0.133. The summed E-state index contributed by atoms with van der Waals surface area (Å²) in [5.41, 5.74) is 1.15. The Kier molecular flexibility index (Phi) is 8.21. The first-order chi connectivity index (χ1) is 20.0. The van der Waals surface area contributed by atoms with Crippen LogP contribution in [0.5, 0.6) is 0 Å². The summed E-state index contributed by atoms with van der Waals surface area (Å²) < 4.78 is 28.0. The van der Waals surface area contributed by atoms with Gasteiger partial charge in [-0.3, -0.25) is 14.6 Å². The third-order valence-electron chi connectivity index (χ3n) is 8.62. The maximum atomic E-state index is 14.3. The third-order valence-corrected chi connectivity index (χ3v) is 8.62. The molecular weight excluding hydrogens is 540 g/mol. The predicted octanol–water partition coefficient (Wildman–Crippen LogP) is 5.51. The molecule has 1 aliphatic carbocycles. The number of hydrogen-bond acceptors (Lipinski definition) is 6. The number of aromatic nitrogens is 4. The van der Waals surface area contributed by atoms with Crippen LogP contribution in [0.15, 0.2) is 47.5 Å². The second kappa shape index (κ2) is 11.7. The fourth-order valence-electron chi connectivity index (χ4n) is 6.27. The highest BCUT2D eigenvalue weighted by atomic mass is 19.2. The third kappa shape index (κ3) is 5.82. The molecule has 5 rings (SSSR count). The number of amides is 2. The molecular formula is C31H37F2N7O2.